The number of aromatic nitrogens is 2. The molecule has 0 radical (unpaired) electrons. The number of rotatable bonds is 6. The van der Waals surface area contributed by atoms with Crippen LogP contribution in [0.4, 0.5) is 5.82 Å². The van der Waals surface area contributed by atoms with Crippen LogP contribution >= 0.6 is 24.0 Å². The van der Waals surface area contributed by atoms with E-state index in [2.05, 4.69) is 12.2 Å². The van der Waals surface area contributed by atoms with Crippen molar-refractivity contribution in [1.29, 1.82) is 0 Å². The predicted molar refractivity (Wildman–Crippen MR) is 127 cm³/mol. The Morgan fingerprint density at radius 2 is 2.07 bits per heavy atom. The van der Waals surface area contributed by atoms with Gasteiger partial charge in [0.25, 0.3) is 11.5 Å². The summed E-state index contributed by atoms with van der Waals surface area (Å²) in [6, 6.07) is 5.79. The zero-order valence-corrected chi connectivity index (χ0v) is 18.7. The number of thioether (sulfide) groups is 1. The van der Waals surface area contributed by atoms with Crippen molar-refractivity contribution in [2.24, 2.45) is 0 Å². The highest BCUT2D eigenvalue weighted by atomic mass is 32.2. The van der Waals surface area contributed by atoms with Crippen LogP contribution in [0.2, 0.25) is 0 Å². The van der Waals surface area contributed by atoms with Crippen LogP contribution in [0, 0.1) is 0 Å². The molecule has 1 aliphatic heterocycles. The molecule has 2 aromatic rings. The number of fused-ring (bicyclic) bond motifs is 1. The van der Waals surface area contributed by atoms with Crippen molar-refractivity contribution in [2.45, 2.75) is 57.9 Å². The minimum absolute atomic E-state index is 0.125. The lowest BCUT2D eigenvalue weighted by molar-refractivity contribution is -0.122. The minimum Gasteiger partial charge on any atom is -0.367 e. The van der Waals surface area contributed by atoms with Gasteiger partial charge in [0.05, 0.1) is 10.5 Å². The van der Waals surface area contributed by atoms with E-state index in [0.717, 1.165) is 25.7 Å². The number of hydrogen-bond donors (Lipinski definition) is 1. The van der Waals surface area contributed by atoms with Gasteiger partial charge in [-0.2, -0.15) is 0 Å². The number of pyridine rings is 1. The molecule has 2 aliphatic rings. The summed E-state index contributed by atoms with van der Waals surface area (Å²) in [4.78, 5) is 33.0. The van der Waals surface area contributed by atoms with Gasteiger partial charge in [-0.3, -0.25) is 18.9 Å². The average Bonchev–Trinajstić information content (AvgIpc) is 3.02. The standard InChI is InChI=1S/C22H26N4O2S2/c1-2-3-12-26-21(28)17(30-22(26)29)14-16-19(23-15-9-5-4-6-10-15)24-18-11-7-8-13-25(18)20(16)27/h7-8,11,13-15,23H,2-6,9-10,12H2,1H3. The first kappa shape index (κ1) is 21.1. The predicted octanol–water partition coefficient (Wildman–Crippen LogP) is 4.44. The highest BCUT2D eigenvalue weighted by molar-refractivity contribution is 8.26. The number of nitrogens with one attached hydrogen (secondary N) is 1. The fraction of sp³-hybridized carbons (Fsp3) is 0.455. The summed E-state index contributed by atoms with van der Waals surface area (Å²) in [5, 5.41) is 3.49. The van der Waals surface area contributed by atoms with Crippen LogP contribution in [-0.4, -0.2) is 37.1 Å². The van der Waals surface area contributed by atoms with Crippen molar-refractivity contribution in [2.75, 3.05) is 11.9 Å². The summed E-state index contributed by atoms with van der Waals surface area (Å²) in [6.07, 6.45) is 11.0. The molecule has 3 heterocycles. The Kier molecular flexibility index (Phi) is 6.53. The Hall–Kier alpha value is -2.19. The van der Waals surface area contributed by atoms with Crippen molar-refractivity contribution in [3.05, 3.63) is 45.2 Å². The SMILES string of the molecule is CCCCN1C(=O)C(=Cc2c(NC3CCCCC3)nc3ccccn3c2=O)SC1=S. The lowest BCUT2D eigenvalue weighted by Gasteiger charge is -2.24. The summed E-state index contributed by atoms with van der Waals surface area (Å²) in [6.45, 7) is 2.69. The molecule has 1 N–H and O–H groups in total. The number of amides is 1. The van der Waals surface area contributed by atoms with E-state index in [1.165, 1.54) is 35.4 Å². The fourth-order valence-electron chi connectivity index (χ4n) is 3.92. The maximum Gasteiger partial charge on any atom is 0.267 e. The lowest BCUT2D eigenvalue weighted by atomic mass is 9.95. The molecule has 0 spiro atoms. The maximum atomic E-state index is 13.3. The zero-order chi connectivity index (χ0) is 21.1. The molecule has 0 atom stereocenters. The number of thiocarbonyl (C=S) groups is 1. The van der Waals surface area contributed by atoms with Crippen molar-refractivity contribution >= 4 is 51.7 Å². The van der Waals surface area contributed by atoms with Crippen LogP contribution < -0.4 is 10.9 Å². The van der Waals surface area contributed by atoms with Gasteiger partial charge in [-0.25, -0.2) is 4.98 Å². The van der Waals surface area contributed by atoms with E-state index in [1.54, 1.807) is 23.2 Å². The topological polar surface area (TPSA) is 66.7 Å². The second-order valence-electron chi connectivity index (χ2n) is 7.77. The molecule has 1 amide bonds. The normalized spacial score (nSPS) is 19.2. The van der Waals surface area contributed by atoms with Crippen LogP contribution in [-0.2, 0) is 4.79 Å². The summed E-state index contributed by atoms with van der Waals surface area (Å²) >= 11 is 6.67. The molecular weight excluding hydrogens is 416 g/mol. The third kappa shape index (κ3) is 4.30. The van der Waals surface area contributed by atoms with Gasteiger partial charge in [0, 0.05) is 18.8 Å². The monoisotopic (exact) mass is 442 g/mol. The van der Waals surface area contributed by atoms with Crippen molar-refractivity contribution in [1.82, 2.24) is 14.3 Å². The molecule has 4 rings (SSSR count). The number of unbranched alkanes of at least 4 members (excludes halogenated alkanes) is 1. The number of anilines is 1. The van der Waals surface area contributed by atoms with Crippen LogP contribution in [0.3, 0.4) is 0 Å². The van der Waals surface area contributed by atoms with Crippen LogP contribution in [0.5, 0.6) is 0 Å². The van der Waals surface area contributed by atoms with E-state index < -0.39 is 0 Å². The fourth-order valence-corrected chi connectivity index (χ4v) is 5.21. The molecule has 0 unspecified atom stereocenters. The van der Waals surface area contributed by atoms with Gasteiger partial charge < -0.3 is 5.32 Å². The molecule has 1 saturated carbocycles. The van der Waals surface area contributed by atoms with Gasteiger partial charge in [-0.1, -0.05) is 62.7 Å². The molecule has 158 valence electrons. The number of carbonyl (C=O) groups is 1. The van der Waals surface area contributed by atoms with E-state index in [9.17, 15) is 9.59 Å². The molecule has 30 heavy (non-hydrogen) atoms. The lowest BCUT2D eigenvalue weighted by Crippen LogP contribution is -2.29. The van der Waals surface area contributed by atoms with Crippen molar-refractivity contribution < 1.29 is 4.79 Å². The van der Waals surface area contributed by atoms with Crippen LogP contribution in [0.15, 0.2) is 34.1 Å². The maximum absolute atomic E-state index is 13.3. The van der Waals surface area contributed by atoms with Crippen molar-refractivity contribution in [3.63, 3.8) is 0 Å². The van der Waals surface area contributed by atoms with Gasteiger partial charge in [-0.05, 0) is 37.5 Å². The van der Waals surface area contributed by atoms with Crippen molar-refractivity contribution in [3.8, 4) is 0 Å². The molecule has 2 fully saturated rings. The molecule has 8 heteroatoms. The number of carbonyl (C=O) groups excluding carboxylic acids is 1. The molecule has 0 aromatic carbocycles. The summed E-state index contributed by atoms with van der Waals surface area (Å²) in [7, 11) is 0. The van der Waals surface area contributed by atoms with Crippen LogP contribution in [0.25, 0.3) is 11.7 Å². The van der Waals surface area contributed by atoms with E-state index in [4.69, 9.17) is 17.2 Å². The van der Waals surface area contributed by atoms with Gasteiger partial charge >= 0.3 is 0 Å². The Morgan fingerprint density at radius 3 is 2.83 bits per heavy atom. The molecule has 6 nitrogen and oxygen atoms in total. The third-order valence-electron chi connectivity index (χ3n) is 5.60. The Labute approximate surface area is 185 Å². The molecule has 1 saturated heterocycles. The Balaban J connectivity index is 1.75. The molecule has 0 bridgehead atoms. The van der Waals surface area contributed by atoms with Gasteiger partial charge in [0.1, 0.15) is 15.8 Å². The van der Waals surface area contributed by atoms with Gasteiger partial charge in [0.2, 0.25) is 0 Å². The molecule has 1 aliphatic carbocycles. The smallest absolute Gasteiger partial charge is 0.267 e. The molecule has 2 aromatic heterocycles. The first-order chi connectivity index (χ1) is 14.6. The highest BCUT2D eigenvalue weighted by Gasteiger charge is 2.32. The third-order valence-corrected chi connectivity index (χ3v) is 6.98. The van der Waals surface area contributed by atoms with Gasteiger partial charge in [-0.15, -0.1) is 0 Å². The van der Waals surface area contributed by atoms with Gasteiger partial charge in [0.15, 0.2) is 0 Å². The van der Waals surface area contributed by atoms with E-state index >= 15 is 0 Å². The van der Waals surface area contributed by atoms with E-state index in [-0.39, 0.29) is 11.5 Å². The van der Waals surface area contributed by atoms with E-state index in [0.29, 0.717) is 38.8 Å². The Bertz CT molecular complexity index is 1060. The largest absolute Gasteiger partial charge is 0.367 e. The Morgan fingerprint density at radius 1 is 1.27 bits per heavy atom. The highest BCUT2D eigenvalue weighted by Crippen LogP contribution is 2.33. The summed E-state index contributed by atoms with van der Waals surface area (Å²) in [5.74, 6) is 0.427. The second kappa shape index (κ2) is 9.31. The minimum atomic E-state index is -0.183. The summed E-state index contributed by atoms with van der Waals surface area (Å²) in [5.41, 5.74) is 0.825. The number of hydrogen-bond acceptors (Lipinski definition) is 6. The number of nitrogens with zero attached hydrogens (tertiary/aromatic N) is 3. The average molecular weight is 443 g/mol. The first-order valence-corrected chi connectivity index (χ1v) is 11.8. The molecular formula is C22H26N4O2S2. The van der Waals surface area contributed by atoms with Crippen LogP contribution in [0.1, 0.15) is 57.4 Å². The first-order valence-electron chi connectivity index (χ1n) is 10.6. The second-order valence-corrected chi connectivity index (χ2v) is 9.45. The summed E-state index contributed by atoms with van der Waals surface area (Å²) < 4.78 is 2.07. The van der Waals surface area contributed by atoms with E-state index in [1.807, 2.05) is 12.1 Å². The zero-order valence-electron chi connectivity index (χ0n) is 17.1. The quantitative estimate of drug-likeness (QED) is 0.527.